The largest absolute Gasteiger partial charge is 0.295 e. The maximum atomic E-state index is 12.7. The number of hydrogen-bond acceptors (Lipinski definition) is 5. The molecule has 1 fully saturated rings. The number of Topliss-reactive ketones (excluding diaryl/α,β-unsaturated/α-hetero) is 1. The summed E-state index contributed by atoms with van der Waals surface area (Å²) in [7, 11) is 0. The molecule has 3 heterocycles. The standard InChI is InChI=1S/C18H19N5O/c24-17(14-6-2-1-3-7-14)15-8-4-10-22(12-15)13-16-20-18-19-9-5-11-23(18)21-16/h1-3,5-7,9,11,15H,4,8,10,12-13H2. The minimum absolute atomic E-state index is 0.0521. The van der Waals surface area contributed by atoms with Crippen LogP contribution in [0.2, 0.25) is 0 Å². The molecule has 3 aromatic rings. The van der Waals surface area contributed by atoms with Gasteiger partial charge in [-0.15, -0.1) is 5.10 Å². The van der Waals surface area contributed by atoms with Gasteiger partial charge in [-0.25, -0.2) is 9.50 Å². The van der Waals surface area contributed by atoms with Crippen molar-refractivity contribution in [2.45, 2.75) is 19.4 Å². The number of likely N-dealkylation sites (tertiary alicyclic amines) is 1. The predicted molar refractivity (Wildman–Crippen MR) is 89.6 cm³/mol. The number of fused-ring (bicyclic) bond motifs is 1. The highest BCUT2D eigenvalue weighted by atomic mass is 16.1. The number of carbonyl (C=O) groups is 1. The summed E-state index contributed by atoms with van der Waals surface area (Å²) in [6.07, 6.45) is 5.53. The highest BCUT2D eigenvalue weighted by Crippen LogP contribution is 2.22. The molecule has 0 bridgehead atoms. The van der Waals surface area contributed by atoms with Crippen LogP contribution in [0, 0.1) is 5.92 Å². The van der Waals surface area contributed by atoms with Crippen LogP contribution >= 0.6 is 0 Å². The van der Waals surface area contributed by atoms with Gasteiger partial charge in [-0.1, -0.05) is 30.3 Å². The number of carbonyl (C=O) groups excluding carboxylic acids is 1. The summed E-state index contributed by atoms with van der Waals surface area (Å²) in [5.41, 5.74) is 0.805. The second-order valence-electron chi connectivity index (χ2n) is 6.20. The molecule has 6 nitrogen and oxygen atoms in total. The van der Waals surface area contributed by atoms with E-state index in [0.717, 1.165) is 37.3 Å². The second kappa shape index (κ2) is 6.49. The Hall–Kier alpha value is -2.60. The van der Waals surface area contributed by atoms with Crippen LogP contribution in [-0.2, 0) is 6.54 Å². The van der Waals surface area contributed by atoms with Gasteiger partial charge in [0.25, 0.3) is 5.78 Å². The fourth-order valence-corrected chi connectivity index (χ4v) is 3.29. The number of rotatable bonds is 4. The lowest BCUT2D eigenvalue weighted by atomic mass is 9.90. The third-order valence-electron chi connectivity index (χ3n) is 4.46. The fraction of sp³-hybridized carbons (Fsp3) is 0.333. The highest BCUT2D eigenvalue weighted by molar-refractivity contribution is 5.98. The van der Waals surface area contributed by atoms with Crippen molar-refractivity contribution in [3.05, 3.63) is 60.2 Å². The smallest absolute Gasteiger partial charge is 0.252 e. The molecule has 0 radical (unpaired) electrons. The molecule has 1 atom stereocenters. The van der Waals surface area contributed by atoms with Gasteiger partial charge in [0.1, 0.15) is 0 Å². The maximum absolute atomic E-state index is 12.7. The van der Waals surface area contributed by atoms with Crippen LogP contribution in [0.15, 0.2) is 48.8 Å². The highest BCUT2D eigenvalue weighted by Gasteiger charge is 2.27. The monoisotopic (exact) mass is 321 g/mol. The lowest BCUT2D eigenvalue weighted by Crippen LogP contribution is -2.38. The molecule has 24 heavy (non-hydrogen) atoms. The van der Waals surface area contributed by atoms with E-state index >= 15 is 0 Å². The molecular weight excluding hydrogens is 302 g/mol. The van der Waals surface area contributed by atoms with Crippen molar-refractivity contribution in [1.82, 2.24) is 24.5 Å². The third-order valence-corrected chi connectivity index (χ3v) is 4.46. The number of aromatic nitrogens is 4. The normalized spacial score (nSPS) is 18.8. The first kappa shape index (κ1) is 15.0. The third kappa shape index (κ3) is 3.05. The zero-order valence-corrected chi connectivity index (χ0v) is 13.4. The van der Waals surface area contributed by atoms with Crippen molar-refractivity contribution in [3.8, 4) is 0 Å². The lowest BCUT2D eigenvalue weighted by Gasteiger charge is -2.31. The van der Waals surface area contributed by atoms with E-state index in [-0.39, 0.29) is 11.7 Å². The Bertz CT molecular complexity index is 812. The van der Waals surface area contributed by atoms with Gasteiger partial charge in [0.15, 0.2) is 11.6 Å². The van der Waals surface area contributed by atoms with E-state index in [1.807, 2.05) is 42.6 Å². The van der Waals surface area contributed by atoms with Crippen LogP contribution in [0.3, 0.4) is 0 Å². The topological polar surface area (TPSA) is 63.4 Å². The maximum Gasteiger partial charge on any atom is 0.252 e. The first-order valence-corrected chi connectivity index (χ1v) is 8.27. The summed E-state index contributed by atoms with van der Waals surface area (Å²) in [6, 6.07) is 11.4. The van der Waals surface area contributed by atoms with E-state index in [0.29, 0.717) is 12.3 Å². The van der Waals surface area contributed by atoms with Gasteiger partial charge in [-0.3, -0.25) is 9.69 Å². The van der Waals surface area contributed by atoms with Crippen molar-refractivity contribution in [2.24, 2.45) is 5.92 Å². The number of hydrogen-bond donors (Lipinski definition) is 0. The van der Waals surface area contributed by atoms with Gasteiger partial charge in [-0.05, 0) is 25.5 Å². The van der Waals surface area contributed by atoms with E-state index < -0.39 is 0 Å². The van der Waals surface area contributed by atoms with Gasteiger partial charge in [0.2, 0.25) is 0 Å². The van der Waals surface area contributed by atoms with Crippen molar-refractivity contribution >= 4 is 11.6 Å². The minimum Gasteiger partial charge on any atom is -0.295 e. The molecule has 1 aromatic carbocycles. The van der Waals surface area contributed by atoms with Crippen LogP contribution in [0.4, 0.5) is 0 Å². The van der Waals surface area contributed by atoms with Crippen LogP contribution in [-0.4, -0.2) is 43.4 Å². The van der Waals surface area contributed by atoms with Gasteiger partial charge >= 0.3 is 0 Å². The molecular formula is C18H19N5O. The molecule has 0 spiro atoms. The van der Waals surface area contributed by atoms with Crippen molar-refractivity contribution in [2.75, 3.05) is 13.1 Å². The van der Waals surface area contributed by atoms with E-state index in [1.54, 1.807) is 10.7 Å². The average molecular weight is 321 g/mol. The average Bonchev–Trinajstić information content (AvgIpc) is 3.04. The van der Waals surface area contributed by atoms with E-state index in [2.05, 4.69) is 20.0 Å². The Labute approximate surface area is 140 Å². The first-order valence-electron chi connectivity index (χ1n) is 8.27. The van der Waals surface area contributed by atoms with Gasteiger partial charge in [0.05, 0.1) is 6.54 Å². The molecule has 0 saturated carbocycles. The summed E-state index contributed by atoms with van der Waals surface area (Å²) in [6.45, 7) is 2.39. The summed E-state index contributed by atoms with van der Waals surface area (Å²) >= 11 is 0. The fourth-order valence-electron chi connectivity index (χ4n) is 3.29. The zero-order chi connectivity index (χ0) is 16.4. The summed E-state index contributed by atoms with van der Waals surface area (Å²) in [4.78, 5) is 23.6. The number of benzene rings is 1. The van der Waals surface area contributed by atoms with Crippen molar-refractivity contribution in [3.63, 3.8) is 0 Å². The summed E-state index contributed by atoms with van der Waals surface area (Å²) in [5, 5.41) is 4.45. The second-order valence-corrected chi connectivity index (χ2v) is 6.20. The molecule has 0 aliphatic carbocycles. The van der Waals surface area contributed by atoms with Crippen molar-refractivity contribution < 1.29 is 4.79 Å². The molecule has 4 rings (SSSR count). The number of nitrogens with zero attached hydrogens (tertiary/aromatic N) is 5. The number of ketones is 1. The SMILES string of the molecule is O=C(c1ccccc1)C1CCCN(Cc2nc3ncccn3n2)C1. The summed E-state index contributed by atoms with van der Waals surface area (Å²) < 4.78 is 1.69. The van der Waals surface area contributed by atoms with Crippen LogP contribution in [0.1, 0.15) is 29.0 Å². The van der Waals surface area contributed by atoms with E-state index in [9.17, 15) is 4.79 Å². The van der Waals surface area contributed by atoms with Crippen molar-refractivity contribution in [1.29, 1.82) is 0 Å². The molecule has 1 aliphatic heterocycles. The van der Waals surface area contributed by atoms with Gasteiger partial charge < -0.3 is 0 Å². The Kier molecular flexibility index (Phi) is 4.04. The molecule has 2 aromatic heterocycles. The van der Waals surface area contributed by atoms with Crippen LogP contribution < -0.4 is 0 Å². The summed E-state index contributed by atoms with van der Waals surface area (Å²) in [5.74, 6) is 1.66. The van der Waals surface area contributed by atoms with E-state index in [1.165, 1.54) is 0 Å². The predicted octanol–water partition coefficient (Wildman–Crippen LogP) is 2.22. The molecule has 1 aliphatic rings. The first-order chi connectivity index (χ1) is 11.8. The molecule has 0 N–H and O–H groups in total. The Morgan fingerprint density at radius 2 is 2.08 bits per heavy atom. The van der Waals surface area contributed by atoms with Crippen LogP contribution in [0.25, 0.3) is 5.78 Å². The molecule has 6 heteroatoms. The Balaban J connectivity index is 1.45. The Morgan fingerprint density at radius 1 is 1.21 bits per heavy atom. The van der Waals surface area contributed by atoms with Crippen LogP contribution in [0.5, 0.6) is 0 Å². The van der Waals surface area contributed by atoms with E-state index in [4.69, 9.17) is 0 Å². The molecule has 0 amide bonds. The molecule has 122 valence electrons. The molecule has 1 unspecified atom stereocenters. The number of piperidine rings is 1. The molecule has 1 saturated heterocycles. The zero-order valence-electron chi connectivity index (χ0n) is 13.4. The van der Waals surface area contributed by atoms with Gasteiger partial charge in [-0.2, -0.15) is 4.98 Å². The van der Waals surface area contributed by atoms with Gasteiger partial charge in [0, 0.05) is 30.4 Å². The Morgan fingerprint density at radius 3 is 2.92 bits per heavy atom. The minimum atomic E-state index is 0.0521. The quantitative estimate of drug-likeness (QED) is 0.690. The lowest BCUT2D eigenvalue weighted by molar-refractivity contribution is 0.0808.